The third kappa shape index (κ3) is 6.53. The first-order valence-corrected chi connectivity index (χ1v) is 7.09. The second kappa shape index (κ2) is 9.73. The summed E-state index contributed by atoms with van der Waals surface area (Å²) in [5, 5.41) is 9.15. The van der Waals surface area contributed by atoms with E-state index in [1.165, 1.54) is 13.3 Å². The number of carboxylic acid groups (broad SMARTS) is 1. The van der Waals surface area contributed by atoms with Gasteiger partial charge in [-0.05, 0) is 32.4 Å². The van der Waals surface area contributed by atoms with E-state index < -0.39 is 17.2 Å². The van der Waals surface area contributed by atoms with Gasteiger partial charge in [-0.3, -0.25) is 9.59 Å². The number of ketones is 1. The van der Waals surface area contributed by atoms with Crippen molar-refractivity contribution in [3.8, 4) is 0 Å². The molecular weight excluding hydrogens is 242 g/mol. The summed E-state index contributed by atoms with van der Waals surface area (Å²) in [5.41, 5.74) is 4.11. The minimum Gasteiger partial charge on any atom is -0.480 e. The maximum Gasteiger partial charge on any atom is 0.317 e. The molecule has 1 unspecified atom stereocenters. The molecule has 0 heterocycles. The minimum atomic E-state index is -1.30. The van der Waals surface area contributed by atoms with Crippen LogP contribution in [0.4, 0.5) is 0 Å². The summed E-state index contributed by atoms with van der Waals surface area (Å²) in [7, 11) is 0. The lowest BCUT2D eigenvalue weighted by atomic mass is 9.80. The second-order valence-corrected chi connectivity index (χ2v) is 5.22. The van der Waals surface area contributed by atoms with Crippen LogP contribution in [0.15, 0.2) is 12.7 Å². The quantitative estimate of drug-likeness (QED) is 0.324. The van der Waals surface area contributed by atoms with Crippen molar-refractivity contribution >= 4 is 11.8 Å². The molecule has 0 spiro atoms. The SMILES string of the molecule is C=CC(=O)C(C)(CCCCCCCCCN)C(=O)O. The molecule has 0 aromatic rings. The number of carbonyl (C=O) groups excluding carboxylic acids is 1. The van der Waals surface area contributed by atoms with Gasteiger partial charge in [0.1, 0.15) is 5.41 Å². The Labute approximate surface area is 116 Å². The van der Waals surface area contributed by atoms with Crippen LogP contribution < -0.4 is 5.73 Å². The van der Waals surface area contributed by atoms with Crippen LogP contribution in [-0.4, -0.2) is 23.4 Å². The Balaban J connectivity index is 3.87. The van der Waals surface area contributed by atoms with Gasteiger partial charge >= 0.3 is 5.97 Å². The molecule has 0 saturated carbocycles. The van der Waals surface area contributed by atoms with E-state index in [0.29, 0.717) is 6.42 Å². The van der Waals surface area contributed by atoms with Gasteiger partial charge < -0.3 is 10.8 Å². The van der Waals surface area contributed by atoms with Gasteiger partial charge in [0, 0.05) is 0 Å². The Morgan fingerprint density at radius 3 is 2.00 bits per heavy atom. The predicted octanol–water partition coefficient (Wildman–Crippen LogP) is 2.91. The lowest BCUT2D eigenvalue weighted by molar-refractivity contribution is -0.152. The van der Waals surface area contributed by atoms with Gasteiger partial charge in [-0.2, -0.15) is 0 Å². The van der Waals surface area contributed by atoms with Crippen LogP contribution >= 0.6 is 0 Å². The molecule has 0 aromatic heterocycles. The molecule has 0 bridgehead atoms. The highest BCUT2D eigenvalue weighted by Gasteiger charge is 2.38. The molecular formula is C15H27NO3. The molecule has 19 heavy (non-hydrogen) atoms. The highest BCUT2D eigenvalue weighted by atomic mass is 16.4. The van der Waals surface area contributed by atoms with Gasteiger partial charge in [-0.25, -0.2) is 0 Å². The fourth-order valence-electron chi connectivity index (χ4n) is 2.07. The number of carboxylic acids is 1. The van der Waals surface area contributed by atoms with Crippen molar-refractivity contribution in [2.45, 2.75) is 58.3 Å². The Bertz CT molecular complexity index is 302. The summed E-state index contributed by atoms with van der Waals surface area (Å²) >= 11 is 0. The molecule has 0 aliphatic heterocycles. The second-order valence-electron chi connectivity index (χ2n) is 5.22. The lowest BCUT2D eigenvalue weighted by Crippen LogP contribution is -2.35. The molecule has 0 amide bonds. The Morgan fingerprint density at radius 1 is 1.11 bits per heavy atom. The summed E-state index contributed by atoms with van der Waals surface area (Å²) in [5.74, 6) is -1.46. The molecule has 0 aromatic carbocycles. The number of unbranched alkanes of at least 4 members (excludes halogenated alkanes) is 6. The highest BCUT2D eigenvalue weighted by molar-refractivity contribution is 6.07. The molecule has 1 atom stereocenters. The van der Waals surface area contributed by atoms with Crippen molar-refractivity contribution in [2.75, 3.05) is 6.54 Å². The van der Waals surface area contributed by atoms with E-state index in [1.54, 1.807) is 0 Å². The number of carbonyl (C=O) groups is 2. The van der Waals surface area contributed by atoms with Crippen LogP contribution in [0.2, 0.25) is 0 Å². The van der Waals surface area contributed by atoms with Gasteiger partial charge in [0.15, 0.2) is 5.78 Å². The third-order valence-electron chi connectivity index (χ3n) is 3.58. The van der Waals surface area contributed by atoms with E-state index in [1.807, 2.05) is 0 Å². The van der Waals surface area contributed by atoms with Crippen molar-refractivity contribution in [3.05, 3.63) is 12.7 Å². The van der Waals surface area contributed by atoms with E-state index in [4.69, 9.17) is 10.8 Å². The molecule has 3 N–H and O–H groups in total. The van der Waals surface area contributed by atoms with Crippen molar-refractivity contribution in [3.63, 3.8) is 0 Å². The molecule has 0 saturated heterocycles. The van der Waals surface area contributed by atoms with Crippen molar-refractivity contribution < 1.29 is 14.7 Å². The molecule has 4 nitrogen and oxygen atoms in total. The summed E-state index contributed by atoms with van der Waals surface area (Å²) in [6, 6.07) is 0. The van der Waals surface area contributed by atoms with Crippen LogP contribution in [0.3, 0.4) is 0 Å². The monoisotopic (exact) mass is 269 g/mol. The Hall–Kier alpha value is -1.16. The maximum atomic E-state index is 11.6. The fraction of sp³-hybridized carbons (Fsp3) is 0.733. The van der Waals surface area contributed by atoms with Gasteiger partial charge in [-0.15, -0.1) is 0 Å². The van der Waals surface area contributed by atoms with E-state index in [0.717, 1.165) is 51.1 Å². The van der Waals surface area contributed by atoms with E-state index in [2.05, 4.69) is 6.58 Å². The highest BCUT2D eigenvalue weighted by Crippen LogP contribution is 2.27. The van der Waals surface area contributed by atoms with Crippen LogP contribution in [0, 0.1) is 5.41 Å². The van der Waals surface area contributed by atoms with E-state index in [-0.39, 0.29) is 0 Å². The molecule has 0 radical (unpaired) electrons. The van der Waals surface area contributed by atoms with Crippen molar-refractivity contribution in [1.29, 1.82) is 0 Å². The van der Waals surface area contributed by atoms with Gasteiger partial charge in [0.2, 0.25) is 0 Å². The number of aliphatic carboxylic acids is 1. The first kappa shape index (κ1) is 17.8. The zero-order chi connectivity index (χ0) is 14.7. The number of hydrogen-bond donors (Lipinski definition) is 2. The number of hydrogen-bond acceptors (Lipinski definition) is 3. The lowest BCUT2D eigenvalue weighted by Gasteiger charge is -2.21. The zero-order valence-electron chi connectivity index (χ0n) is 12.0. The Morgan fingerprint density at radius 2 is 1.58 bits per heavy atom. The number of allylic oxidation sites excluding steroid dienone is 1. The predicted molar refractivity (Wildman–Crippen MR) is 76.9 cm³/mol. The normalized spacial score (nSPS) is 13.8. The topological polar surface area (TPSA) is 80.4 Å². The number of nitrogens with two attached hydrogens (primary N) is 1. The average molecular weight is 269 g/mol. The molecule has 0 rings (SSSR count). The fourth-order valence-corrected chi connectivity index (χ4v) is 2.07. The summed E-state index contributed by atoms with van der Waals surface area (Å²) in [6.45, 7) is 5.61. The van der Waals surface area contributed by atoms with Crippen LogP contribution in [-0.2, 0) is 9.59 Å². The zero-order valence-corrected chi connectivity index (χ0v) is 12.0. The average Bonchev–Trinajstić information content (AvgIpc) is 2.40. The number of rotatable bonds is 12. The largest absolute Gasteiger partial charge is 0.480 e. The van der Waals surface area contributed by atoms with Crippen LogP contribution in [0.1, 0.15) is 58.3 Å². The van der Waals surface area contributed by atoms with E-state index in [9.17, 15) is 9.59 Å². The van der Waals surface area contributed by atoms with Gasteiger partial charge in [-0.1, -0.05) is 45.1 Å². The van der Waals surface area contributed by atoms with E-state index >= 15 is 0 Å². The molecule has 0 aliphatic rings. The summed E-state index contributed by atoms with van der Waals surface area (Å²) in [4.78, 5) is 22.8. The first-order chi connectivity index (χ1) is 8.99. The minimum absolute atomic E-state index is 0.385. The maximum absolute atomic E-state index is 11.6. The van der Waals surface area contributed by atoms with Crippen molar-refractivity contribution in [2.24, 2.45) is 11.1 Å². The standard InChI is InChI=1S/C15H27NO3/c1-3-13(17)15(2,14(18)19)11-9-7-5-4-6-8-10-12-16/h3H,1,4-12,16H2,2H3,(H,18,19). The Kier molecular flexibility index (Phi) is 9.13. The summed E-state index contributed by atoms with van der Waals surface area (Å²) < 4.78 is 0. The van der Waals surface area contributed by atoms with Crippen molar-refractivity contribution in [1.82, 2.24) is 0 Å². The third-order valence-corrected chi connectivity index (χ3v) is 3.58. The van der Waals surface area contributed by atoms with Crippen LogP contribution in [0.25, 0.3) is 0 Å². The smallest absolute Gasteiger partial charge is 0.317 e. The van der Waals surface area contributed by atoms with Crippen LogP contribution in [0.5, 0.6) is 0 Å². The summed E-state index contributed by atoms with van der Waals surface area (Å²) in [6.07, 6.45) is 8.88. The van der Waals surface area contributed by atoms with Gasteiger partial charge in [0.05, 0.1) is 0 Å². The first-order valence-electron chi connectivity index (χ1n) is 7.09. The molecule has 4 heteroatoms. The van der Waals surface area contributed by atoms with Gasteiger partial charge in [0.25, 0.3) is 0 Å². The molecule has 0 fully saturated rings. The molecule has 110 valence electrons. The molecule has 0 aliphatic carbocycles.